The van der Waals surface area contributed by atoms with Gasteiger partial charge in [-0.3, -0.25) is 4.90 Å². The van der Waals surface area contributed by atoms with Gasteiger partial charge in [0.25, 0.3) is 0 Å². The standard InChI is InChI=1S/C12H22N2O2/c1-11-4-5-12(16-11)10-14(2)8-6-13-7-9-15-3/h4-5,13H,6-10H2,1-3H3. The predicted molar refractivity (Wildman–Crippen MR) is 64.5 cm³/mol. The van der Waals surface area contributed by atoms with Gasteiger partial charge in [-0.25, -0.2) is 0 Å². The second-order valence-electron chi connectivity index (χ2n) is 3.99. The quantitative estimate of drug-likeness (QED) is 0.677. The van der Waals surface area contributed by atoms with E-state index in [1.54, 1.807) is 7.11 Å². The highest BCUT2D eigenvalue weighted by molar-refractivity contribution is 5.05. The van der Waals surface area contributed by atoms with E-state index in [-0.39, 0.29) is 0 Å². The second kappa shape index (κ2) is 7.44. The molecule has 0 saturated heterocycles. The summed E-state index contributed by atoms with van der Waals surface area (Å²) in [5.41, 5.74) is 0. The SMILES string of the molecule is COCCNCCN(C)Cc1ccc(C)o1. The average Bonchev–Trinajstić information content (AvgIpc) is 2.63. The van der Waals surface area contributed by atoms with Gasteiger partial charge >= 0.3 is 0 Å². The van der Waals surface area contributed by atoms with Crippen molar-refractivity contribution >= 4 is 0 Å². The van der Waals surface area contributed by atoms with Crippen LogP contribution in [0.1, 0.15) is 11.5 Å². The third-order valence-electron chi connectivity index (χ3n) is 2.38. The van der Waals surface area contributed by atoms with Crippen molar-refractivity contribution < 1.29 is 9.15 Å². The van der Waals surface area contributed by atoms with Crippen molar-refractivity contribution in [2.45, 2.75) is 13.5 Å². The van der Waals surface area contributed by atoms with E-state index in [0.717, 1.165) is 44.3 Å². The lowest BCUT2D eigenvalue weighted by Gasteiger charge is -2.15. The monoisotopic (exact) mass is 226 g/mol. The summed E-state index contributed by atoms with van der Waals surface area (Å²) in [5.74, 6) is 2.00. The maximum Gasteiger partial charge on any atom is 0.118 e. The number of nitrogens with one attached hydrogen (secondary N) is 1. The normalized spacial score (nSPS) is 11.2. The number of ether oxygens (including phenoxy) is 1. The van der Waals surface area contributed by atoms with Crippen LogP contribution in [0.15, 0.2) is 16.5 Å². The maximum absolute atomic E-state index is 5.52. The van der Waals surface area contributed by atoms with Crippen LogP contribution >= 0.6 is 0 Å². The molecule has 0 aliphatic rings. The molecule has 1 aromatic rings. The molecular formula is C12H22N2O2. The summed E-state index contributed by atoms with van der Waals surface area (Å²) in [6.07, 6.45) is 0. The topological polar surface area (TPSA) is 37.6 Å². The number of hydrogen-bond donors (Lipinski definition) is 1. The average molecular weight is 226 g/mol. The maximum atomic E-state index is 5.52. The van der Waals surface area contributed by atoms with E-state index < -0.39 is 0 Å². The van der Waals surface area contributed by atoms with E-state index in [0.29, 0.717) is 0 Å². The van der Waals surface area contributed by atoms with Crippen molar-refractivity contribution in [1.82, 2.24) is 10.2 Å². The lowest BCUT2D eigenvalue weighted by atomic mass is 10.4. The summed E-state index contributed by atoms with van der Waals surface area (Å²) in [6, 6.07) is 4.03. The number of nitrogens with zero attached hydrogens (tertiary/aromatic N) is 1. The van der Waals surface area contributed by atoms with E-state index in [1.807, 2.05) is 19.1 Å². The highest BCUT2D eigenvalue weighted by Crippen LogP contribution is 2.07. The molecule has 0 spiro atoms. The minimum Gasteiger partial charge on any atom is -0.465 e. The van der Waals surface area contributed by atoms with Gasteiger partial charge in [0.1, 0.15) is 11.5 Å². The summed E-state index contributed by atoms with van der Waals surface area (Å²) in [5, 5.41) is 3.31. The van der Waals surface area contributed by atoms with Crippen LogP contribution < -0.4 is 5.32 Å². The first-order chi connectivity index (χ1) is 7.72. The van der Waals surface area contributed by atoms with Crippen molar-refractivity contribution in [2.24, 2.45) is 0 Å². The zero-order valence-corrected chi connectivity index (χ0v) is 10.5. The molecule has 0 aromatic carbocycles. The van der Waals surface area contributed by atoms with Gasteiger partial charge in [0.2, 0.25) is 0 Å². The number of aryl methyl sites for hydroxylation is 1. The fourth-order valence-corrected chi connectivity index (χ4v) is 1.48. The van der Waals surface area contributed by atoms with Crippen molar-refractivity contribution in [1.29, 1.82) is 0 Å². The predicted octanol–water partition coefficient (Wildman–Crippen LogP) is 1.26. The third-order valence-corrected chi connectivity index (χ3v) is 2.38. The Morgan fingerprint density at radius 3 is 2.81 bits per heavy atom. The lowest BCUT2D eigenvalue weighted by Crippen LogP contribution is -2.30. The molecule has 4 nitrogen and oxygen atoms in total. The molecule has 92 valence electrons. The van der Waals surface area contributed by atoms with E-state index in [2.05, 4.69) is 17.3 Å². The van der Waals surface area contributed by atoms with Crippen molar-refractivity contribution in [2.75, 3.05) is 40.4 Å². The Balaban J connectivity index is 2.09. The zero-order valence-electron chi connectivity index (χ0n) is 10.5. The number of methoxy groups -OCH3 is 1. The molecule has 1 aromatic heterocycles. The van der Waals surface area contributed by atoms with E-state index in [1.165, 1.54) is 0 Å². The molecular weight excluding hydrogens is 204 g/mol. The highest BCUT2D eigenvalue weighted by atomic mass is 16.5. The van der Waals surface area contributed by atoms with Gasteiger partial charge in [-0.15, -0.1) is 0 Å². The van der Waals surface area contributed by atoms with Crippen molar-refractivity contribution in [3.63, 3.8) is 0 Å². The first kappa shape index (κ1) is 13.2. The van der Waals surface area contributed by atoms with Crippen LogP contribution in [-0.2, 0) is 11.3 Å². The van der Waals surface area contributed by atoms with Gasteiger partial charge in [-0.1, -0.05) is 0 Å². The molecule has 16 heavy (non-hydrogen) atoms. The lowest BCUT2D eigenvalue weighted by molar-refractivity contribution is 0.197. The minimum atomic E-state index is 0.765. The molecule has 0 bridgehead atoms. The fraction of sp³-hybridized carbons (Fsp3) is 0.667. The minimum absolute atomic E-state index is 0.765. The molecule has 0 saturated carbocycles. The van der Waals surface area contributed by atoms with Crippen LogP contribution in [-0.4, -0.2) is 45.3 Å². The van der Waals surface area contributed by atoms with Crippen molar-refractivity contribution in [3.8, 4) is 0 Å². The highest BCUT2D eigenvalue weighted by Gasteiger charge is 2.03. The smallest absolute Gasteiger partial charge is 0.118 e. The molecule has 0 atom stereocenters. The Morgan fingerprint density at radius 2 is 2.19 bits per heavy atom. The van der Waals surface area contributed by atoms with E-state index in [4.69, 9.17) is 9.15 Å². The Labute approximate surface area is 97.6 Å². The number of hydrogen-bond acceptors (Lipinski definition) is 4. The first-order valence-corrected chi connectivity index (χ1v) is 5.66. The molecule has 0 fully saturated rings. The van der Waals surface area contributed by atoms with Gasteiger partial charge in [0.15, 0.2) is 0 Å². The molecule has 0 unspecified atom stereocenters. The Morgan fingerprint density at radius 1 is 1.38 bits per heavy atom. The van der Waals surface area contributed by atoms with Crippen LogP contribution in [0.5, 0.6) is 0 Å². The molecule has 1 N–H and O–H groups in total. The molecule has 0 radical (unpaired) electrons. The number of furan rings is 1. The van der Waals surface area contributed by atoms with Crippen LogP contribution in [0.4, 0.5) is 0 Å². The largest absolute Gasteiger partial charge is 0.465 e. The molecule has 4 heteroatoms. The first-order valence-electron chi connectivity index (χ1n) is 5.66. The van der Waals surface area contributed by atoms with Crippen LogP contribution in [0.3, 0.4) is 0 Å². The van der Waals surface area contributed by atoms with Gasteiger partial charge in [0, 0.05) is 26.7 Å². The Bertz CT molecular complexity index is 286. The molecule has 1 rings (SSSR count). The van der Waals surface area contributed by atoms with E-state index in [9.17, 15) is 0 Å². The van der Waals surface area contributed by atoms with Gasteiger partial charge in [-0.05, 0) is 26.1 Å². The fourth-order valence-electron chi connectivity index (χ4n) is 1.48. The van der Waals surface area contributed by atoms with Gasteiger partial charge in [-0.2, -0.15) is 0 Å². The zero-order chi connectivity index (χ0) is 11.8. The summed E-state index contributed by atoms with van der Waals surface area (Å²) < 4.78 is 10.5. The molecule has 0 aliphatic heterocycles. The van der Waals surface area contributed by atoms with Crippen LogP contribution in [0, 0.1) is 6.92 Å². The number of likely N-dealkylation sites (N-methyl/N-ethyl adjacent to an activating group) is 1. The molecule has 0 amide bonds. The summed E-state index contributed by atoms with van der Waals surface area (Å²) in [4.78, 5) is 2.23. The van der Waals surface area contributed by atoms with Gasteiger partial charge < -0.3 is 14.5 Å². The van der Waals surface area contributed by atoms with Gasteiger partial charge in [0.05, 0.1) is 13.2 Å². The summed E-state index contributed by atoms with van der Waals surface area (Å²) in [6.45, 7) is 6.48. The third kappa shape index (κ3) is 5.30. The molecule has 0 aliphatic carbocycles. The summed E-state index contributed by atoms with van der Waals surface area (Å²) in [7, 11) is 3.81. The number of rotatable bonds is 8. The Hall–Kier alpha value is -0.840. The van der Waals surface area contributed by atoms with Crippen LogP contribution in [0.2, 0.25) is 0 Å². The second-order valence-corrected chi connectivity index (χ2v) is 3.99. The molecule has 1 heterocycles. The van der Waals surface area contributed by atoms with Crippen LogP contribution in [0.25, 0.3) is 0 Å². The van der Waals surface area contributed by atoms with Crippen molar-refractivity contribution in [3.05, 3.63) is 23.7 Å². The Kier molecular flexibility index (Phi) is 6.15. The van der Waals surface area contributed by atoms with E-state index >= 15 is 0 Å². The summed E-state index contributed by atoms with van der Waals surface area (Å²) >= 11 is 0.